The van der Waals surface area contributed by atoms with Crippen molar-refractivity contribution in [3.05, 3.63) is 248 Å². The molecule has 6 aromatic heterocycles. The molecule has 84 heavy (non-hydrogen) atoms. The molecule has 6 heterocycles. The first-order valence-corrected chi connectivity index (χ1v) is 28.6. The second-order valence-corrected chi connectivity index (χ2v) is 22.4. The quantitative estimate of drug-likeness (QED) is 0.0975. The minimum absolute atomic E-state index is 0.0660. The van der Waals surface area contributed by atoms with Gasteiger partial charge in [-0.15, -0.1) is 0 Å². The molecule has 0 saturated carbocycles. The van der Waals surface area contributed by atoms with Crippen LogP contribution < -0.4 is 0 Å². The molecule has 0 aliphatic heterocycles. The predicted molar refractivity (Wildman–Crippen MR) is 347 cm³/mol. The lowest BCUT2D eigenvalue weighted by atomic mass is 9.89. The Morgan fingerprint density at radius 3 is 1.14 bits per heavy atom. The van der Waals surface area contributed by atoms with Gasteiger partial charge in [0.2, 0.25) is 0 Å². The molecule has 0 aliphatic rings. The minimum Gasteiger partial charge on any atom is -0.304 e. The van der Waals surface area contributed by atoms with Gasteiger partial charge in [0.05, 0.1) is 22.2 Å². The fraction of sp³-hybridized carbons (Fsp3) is 0.139. The van der Waals surface area contributed by atoms with Gasteiger partial charge in [-0.25, -0.2) is 9.97 Å². The first-order chi connectivity index (χ1) is 40.5. The van der Waals surface area contributed by atoms with Crippen LogP contribution in [0.25, 0.3) is 99.5 Å². The third-order valence-electron chi connectivity index (χ3n) is 15.1. The standard InChI is InChI=1S/C25H24ClN3.C24H19ClN2O.C23H17ClN2O/c1-16-13-23-25(17(2)24(16)18-9-11-27-12-10-18)21(14-19(28-23)15-29(3)4)20-7-5-6-8-22(20)26;1-14-12-22-24(15(2)23(14)17-8-10-26-11-9-17)19(13-21(27-22)16(3)28)18-6-4-5-7-20(18)25;1-14-11-21-23(15(2)22(14)16-7-9-25-10-8-16)19(12-17(13-27)26-21)18-5-3-4-6-20(18)24/h5-14H,15H2,1-4H3;4-13H,1-3H3;3-13H,1-2H3. The second-order valence-electron chi connectivity index (χ2n) is 21.1. The lowest BCUT2D eigenvalue weighted by Crippen LogP contribution is -2.12. The highest BCUT2D eigenvalue weighted by Gasteiger charge is 2.22. The lowest BCUT2D eigenvalue weighted by Gasteiger charge is -2.19. The molecule has 0 amide bonds. The van der Waals surface area contributed by atoms with Crippen molar-refractivity contribution in [2.45, 2.75) is 55.0 Å². The van der Waals surface area contributed by atoms with Crippen LogP contribution in [0.5, 0.6) is 0 Å². The molecule has 0 atom stereocenters. The minimum atomic E-state index is -0.0660. The molecule has 0 fully saturated rings. The first kappa shape index (κ1) is 58.4. The number of carbonyl (C=O) groups excluding carboxylic acids is 2. The molecular weight excluding hydrogens is 1100 g/mol. The van der Waals surface area contributed by atoms with Crippen LogP contribution in [0.2, 0.25) is 15.1 Å². The molecule has 12 aromatic rings. The molecule has 6 aromatic carbocycles. The Morgan fingerprint density at radius 2 is 0.786 bits per heavy atom. The van der Waals surface area contributed by atoms with Crippen molar-refractivity contribution in [2.75, 3.05) is 14.1 Å². The zero-order valence-electron chi connectivity index (χ0n) is 48.2. The Morgan fingerprint density at radius 1 is 0.440 bits per heavy atom. The number of aryl methyl sites for hydroxylation is 6. The molecule has 12 rings (SSSR count). The van der Waals surface area contributed by atoms with Gasteiger partial charge in [-0.05, 0) is 230 Å². The van der Waals surface area contributed by atoms with Gasteiger partial charge in [-0.2, -0.15) is 0 Å². The molecule has 0 bridgehead atoms. The molecule has 0 spiro atoms. The Bertz CT molecular complexity index is 4480. The first-order valence-electron chi connectivity index (χ1n) is 27.4. The summed E-state index contributed by atoms with van der Waals surface area (Å²) in [5.74, 6) is -0.0660. The number of hydrogen-bond acceptors (Lipinski definition) is 9. The van der Waals surface area contributed by atoms with E-state index in [-0.39, 0.29) is 5.78 Å². The number of hydrogen-bond donors (Lipinski definition) is 0. The van der Waals surface area contributed by atoms with Gasteiger partial charge < -0.3 is 4.90 Å². The number of pyridine rings is 6. The van der Waals surface area contributed by atoms with Crippen molar-refractivity contribution in [1.82, 2.24) is 34.8 Å². The lowest BCUT2D eigenvalue weighted by molar-refractivity contribution is 0.101. The molecule has 0 saturated heterocycles. The normalized spacial score (nSPS) is 11.1. The number of carbonyl (C=O) groups is 2. The number of nitrogens with zero attached hydrogens (tertiary/aromatic N) is 7. The van der Waals surface area contributed by atoms with Gasteiger partial charge in [0.25, 0.3) is 0 Å². The fourth-order valence-corrected chi connectivity index (χ4v) is 12.3. The largest absolute Gasteiger partial charge is 0.304 e. The molecule has 416 valence electrons. The maximum absolute atomic E-state index is 12.1. The van der Waals surface area contributed by atoms with Gasteiger partial charge in [0.15, 0.2) is 12.1 Å². The average Bonchev–Trinajstić information content (AvgIpc) is 1.74. The molecule has 0 N–H and O–H groups in total. The predicted octanol–water partition coefficient (Wildman–Crippen LogP) is 18.8. The average molecular weight is 1160 g/mol. The van der Waals surface area contributed by atoms with E-state index in [4.69, 9.17) is 39.8 Å². The van der Waals surface area contributed by atoms with Crippen molar-refractivity contribution in [3.8, 4) is 66.8 Å². The summed E-state index contributed by atoms with van der Waals surface area (Å²) in [6.45, 7) is 15.0. The third kappa shape index (κ3) is 12.0. The summed E-state index contributed by atoms with van der Waals surface area (Å²) < 4.78 is 0. The van der Waals surface area contributed by atoms with Crippen LogP contribution in [0, 0.1) is 41.5 Å². The van der Waals surface area contributed by atoms with E-state index < -0.39 is 0 Å². The summed E-state index contributed by atoms with van der Waals surface area (Å²) in [5, 5.41) is 5.21. The Balaban J connectivity index is 0.000000140. The van der Waals surface area contributed by atoms with Crippen molar-refractivity contribution < 1.29 is 9.59 Å². The highest BCUT2D eigenvalue weighted by molar-refractivity contribution is 6.35. The molecular formula is C72H60Cl3N7O2. The van der Waals surface area contributed by atoms with Crippen LogP contribution in [0.1, 0.15) is 67.0 Å². The maximum Gasteiger partial charge on any atom is 0.178 e. The van der Waals surface area contributed by atoms with Crippen molar-refractivity contribution in [1.29, 1.82) is 0 Å². The highest BCUT2D eigenvalue weighted by Crippen LogP contribution is 2.43. The van der Waals surface area contributed by atoms with E-state index in [1.165, 1.54) is 29.2 Å². The topological polar surface area (TPSA) is 115 Å². The van der Waals surface area contributed by atoms with Gasteiger partial charge in [0, 0.05) is 98.6 Å². The summed E-state index contributed by atoms with van der Waals surface area (Å²) in [6.07, 6.45) is 11.6. The van der Waals surface area contributed by atoms with E-state index in [9.17, 15) is 9.59 Å². The summed E-state index contributed by atoms with van der Waals surface area (Å²) in [7, 11) is 4.12. The van der Waals surface area contributed by atoms with Crippen LogP contribution >= 0.6 is 34.8 Å². The highest BCUT2D eigenvalue weighted by atomic mass is 35.5. The van der Waals surface area contributed by atoms with Crippen molar-refractivity contribution in [2.24, 2.45) is 0 Å². The van der Waals surface area contributed by atoms with Crippen LogP contribution in [-0.4, -0.2) is 61.0 Å². The second kappa shape index (κ2) is 25.3. The zero-order chi connectivity index (χ0) is 59.3. The number of fused-ring (bicyclic) bond motifs is 3. The van der Waals surface area contributed by atoms with Gasteiger partial charge in [0.1, 0.15) is 11.4 Å². The van der Waals surface area contributed by atoms with E-state index in [1.54, 1.807) is 24.8 Å². The van der Waals surface area contributed by atoms with Crippen LogP contribution in [0.4, 0.5) is 0 Å². The van der Waals surface area contributed by atoms with Crippen LogP contribution in [0.15, 0.2) is 183 Å². The summed E-state index contributed by atoms with van der Waals surface area (Å²) in [4.78, 5) is 52.3. The SMILES string of the molecule is CC(=O)c1cc(-c2ccccc2Cl)c2c(C)c(-c3ccncc3)c(C)cc2n1.Cc1cc2nc(C=O)cc(-c3ccccc3Cl)c2c(C)c1-c1ccncc1.Cc1cc2nc(CN(C)C)cc(-c3ccccc3Cl)c2c(C)c1-c1ccncc1. The van der Waals surface area contributed by atoms with Gasteiger partial charge in [-0.3, -0.25) is 29.5 Å². The molecule has 9 nitrogen and oxygen atoms in total. The van der Waals surface area contributed by atoms with E-state index in [0.717, 1.165) is 134 Å². The monoisotopic (exact) mass is 1160 g/mol. The summed E-state index contributed by atoms with van der Waals surface area (Å²) >= 11 is 19.6. The number of aldehydes is 1. The fourth-order valence-electron chi connectivity index (χ4n) is 11.6. The Hall–Kier alpha value is -8.83. The van der Waals surface area contributed by atoms with Crippen molar-refractivity contribution >= 4 is 79.6 Å². The van der Waals surface area contributed by atoms with Gasteiger partial charge in [-0.1, -0.05) is 89.4 Å². The number of benzene rings is 6. The van der Waals surface area contributed by atoms with Gasteiger partial charge >= 0.3 is 0 Å². The van der Waals surface area contributed by atoms with E-state index in [0.29, 0.717) is 21.4 Å². The smallest absolute Gasteiger partial charge is 0.178 e. The van der Waals surface area contributed by atoms with Crippen LogP contribution in [-0.2, 0) is 6.54 Å². The summed E-state index contributed by atoms with van der Waals surface area (Å²) in [5.41, 5.74) is 24.0. The zero-order valence-corrected chi connectivity index (χ0v) is 50.5. The summed E-state index contributed by atoms with van der Waals surface area (Å²) in [6, 6.07) is 47.7. The molecule has 0 radical (unpaired) electrons. The third-order valence-corrected chi connectivity index (χ3v) is 16.1. The number of aromatic nitrogens is 6. The van der Waals surface area contributed by atoms with E-state index >= 15 is 0 Å². The number of Topliss-reactive ketones (excluding diaryl/α,β-unsaturated/α-hetero) is 1. The maximum atomic E-state index is 12.1. The van der Waals surface area contributed by atoms with E-state index in [1.807, 2.05) is 128 Å². The Labute approximate surface area is 505 Å². The van der Waals surface area contributed by atoms with Crippen LogP contribution in [0.3, 0.4) is 0 Å². The Kier molecular flexibility index (Phi) is 17.6. The van der Waals surface area contributed by atoms with E-state index in [2.05, 4.69) is 116 Å². The number of halogens is 3. The molecule has 0 aliphatic carbocycles. The molecule has 12 heteroatoms. The number of rotatable bonds is 10. The number of ketones is 1. The molecule has 0 unspecified atom stereocenters. The van der Waals surface area contributed by atoms with Crippen molar-refractivity contribution in [3.63, 3.8) is 0 Å².